The summed E-state index contributed by atoms with van der Waals surface area (Å²) in [4.78, 5) is 12.0. The molecule has 5 heteroatoms. The van der Waals surface area contributed by atoms with Crippen molar-refractivity contribution in [2.45, 2.75) is 0 Å². The van der Waals surface area contributed by atoms with Gasteiger partial charge in [-0.25, -0.2) is 0 Å². The number of rotatable bonds is 5. The molecule has 4 rings (SSSR count). The van der Waals surface area contributed by atoms with Crippen molar-refractivity contribution in [1.82, 2.24) is 0 Å². The molecule has 134 valence electrons. The number of furan rings is 1. The van der Waals surface area contributed by atoms with Gasteiger partial charge in [-0.2, -0.15) is 0 Å². The molecule has 0 aliphatic heterocycles. The number of carbonyl (C=O) groups excluding carboxylic acids is 1. The summed E-state index contributed by atoms with van der Waals surface area (Å²) >= 11 is 5.82. The van der Waals surface area contributed by atoms with Crippen LogP contribution in [0, 0.1) is 0 Å². The first-order chi connectivity index (χ1) is 13.2. The summed E-state index contributed by atoms with van der Waals surface area (Å²) in [5.74, 6) is 1.15. The molecule has 27 heavy (non-hydrogen) atoms. The van der Waals surface area contributed by atoms with Crippen LogP contribution in [0.1, 0.15) is 0 Å². The van der Waals surface area contributed by atoms with E-state index in [4.69, 9.17) is 20.8 Å². The van der Waals surface area contributed by atoms with Crippen LogP contribution in [0.4, 0.5) is 5.69 Å². The van der Waals surface area contributed by atoms with Crippen molar-refractivity contribution >= 4 is 34.2 Å². The maximum absolute atomic E-state index is 12.0. The van der Waals surface area contributed by atoms with Crippen LogP contribution in [0.15, 0.2) is 83.3 Å². The third kappa shape index (κ3) is 4.13. The fourth-order valence-corrected chi connectivity index (χ4v) is 2.84. The van der Waals surface area contributed by atoms with Crippen molar-refractivity contribution in [2.24, 2.45) is 0 Å². The van der Waals surface area contributed by atoms with Gasteiger partial charge < -0.3 is 14.5 Å². The number of amides is 1. The lowest BCUT2D eigenvalue weighted by atomic mass is 10.1. The van der Waals surface area contributed by atoms with Gasteiger partial charge in [0, 0.05) is 21.7 Å². The topological polar surface area (TPSA) is 51.5 Å². The third-order valence-corrected chi connectivity index (χ3v) is 4.31. The molecule has 1 aromatic heterocycles. The Bertz CT molecular complexity index is 1040. The highest BCUT2D eigenvalue weighted by Gasteiger charge is 2.07. The number of nitrogens with one attached hydrogen (secondary N) is 1. The predicted molar refractivity (Wildman–Crippen MR) is 107 cm³/mol. The Morgan fingerprint density at radius 3 is 2.44 bits per heavy atom. The van der Waals surface area contributed by atoms with E-state index in [1.807, 2.05) is 54.6 Å². The molecule has 0 saturated carbocycles. The average Bonchev–Trinajstić information content (AvgIpc) is 3.12. The van der Waals surface area contributed by atoms with Gasteiger partial charge in [-0.3, -0.25) is 4.79 Å². The van der Waals surface area contributed by atoms with E-state index in [-0.39, 0.29) is 12.5 Å². The van der Waals surface area contributed by atoms with E-state index in [1.165, 1.54) is 0 Å². The summed E-state index contributed by atoms with van der Waals surface area (Å²) < 4.78 is 11.3. The van der Waals surface area contributed by atoms with Gasteiger partial charge in [0.15, 0.2) is 6.61 Å². The van der Waals surface area contributed by atoms with Crippen LogP contribution in [0.25, 0.3) is 22.3 Å². The molecular weight excluding hydrogens is 362 g/mol. The zero-order valence-corrected chi connectivity index (χ0v) is 15.1. The highest BCUT2D eigenvalue weighted by molar-refractivity contribution is 6.30. The Hall–Kier alpha value is -3.24. The van der Waals surface area contributed by atoms with Crippen LogP contribution in [-0.2, 0) is 4.79 Å². The molecule has 3 aromatic carbocycles. The molecule has 0 aliphatic rings. The summed E-state index contributed by atoms with van der Waals surface area (Å²) in [6, 6.07) is 24.2. The lowest BCUT2D eigenvalue weighted by molar-refractivity contribution is -0.118. The van der Waals surface area contributed by atoms with Crippen LogP contribution in [0.2, 0.25) is 5.02 Å². The van der Waals surface area contributed by atoms with E-state index in [0.717, 1.165) is 22.3 Å². The Labute approximate surface area is 161 Å². The van der Waals surface area contributed by atoms with Crippen molar-refractivity contribution in [1.29, 1.82) is 0 Å². The second kappa shape index (κ2) is 7.56. The van der Waals surface area contributed by atoms with Crippen LogP contribution in [0.5, 0.6) is 5.75 Å². The second-order valence-electron chi connectivity index (χ2n) is 6.02. The normalized spacial score (nSPS) is 10.7. The molecule has 4 nitrogen and oxygen atoms in total. The molecule has 0 atom stereocenters. The van der Waals surface area contributed by atoms with Gasteiger partial charge in [-0.1, -0.05) is 29.8 Å². The summed E-state index contributed by atoms with van der Waals surface area (Å²) in [6.07, 6.45) is 0. The van der Waals surface area contributed by atoms with Gasteiger partial charge in [0.05, 0.1) is 0 Å². The van der Waals surface area contributed by atoms with Crippen molar-refractivity contribution in [3.8, 4) is 17.1 Å². The zero-order chi connectivity index (χ0) is 18.6. The molecular formula is C22H16ClNO3. The zero-order valence-electron chi connectivity index (χ0n) is 14.3. The maximum Gasteiger partial charge on any atom is 0.262 e. The van der Waals surface area contributed by atoms with E-state index in [0.29, 0.717) is 16.5 Å². The van der Waals surface area contributed by atoms with Crippen LogP contribution < -0.4 is 10.1 Å². The fraction of sp³-hybridized carbons (Fsp3) is 0.0455. The molecule has 1 heterocycles. The molecule has 0 radical (unpaired) electrons. The molecule has 0 spiro atoms. The van der Waals surface area contributed by atoms with Crippen molar-refractivity contribution in [3.05, 3.63) is 83.9 Å². The summed E-state index contributed by atoms with van der Waals surface area (Å²) in [6.45, 7) is -0.0764. The Balaban J connectivity index is 1.38. The van der Waals surface area contributed by atoms with Crippen molar-refractivity contribution in [3.63, 3.8) is 0 Å². The number of ether oxygens (including phenoxy) is 1. The smallest absolute Gasteiger partial charge is 0.262 e. The van der Waals surface area contributed by atoms with E-state index in [2.05, 4.69) is 5.32 Å². The number of benzene rings is 3. The highest BCUT2D eigenvalue weighted by Crippen LogP contribution is 2.28. The molecule has 0 fully saturated rings. The van der Waals surface area contributed by atoms with Gasteiger partial charge in [0.1, 0.15) is 17.1 Å². The maximum atomic E-state index is 12.0. The fourth-order valence-electron chi connectivity index (χ4n) is 2.72. The van der Waals surface area contributed by atoms with E-state index >= 15 is 0 Å². The van der Waals surface area contributed by atoms with Gasteiger partial charge >= 0.3 is 0 Å². The van der Waals surface area contributed by atoms with Crippen LogP contribution >= 0.6 is 11.6 Å². The number of carbonyl (C=O) groups is 1. The number of anilines is 1. The third-order valence-electron chi connectivity index (χ3n) is 4.06. The molecule has 4 aromatic rings. The van der Waals surface area contributed by atoms with Crippen LogP contribution in [-0.4, -0.2) is 12.5 Å². The minimum atomic E-state index is -0.235. The Kier molecular flexibility index (Phi) is 4.81. The van der Waals surface area contributed by atoms with Crippen molar-refractivity contribution in [2.75, 3.05) is 11.9 Å². The SMILES string of the molecule is O=C(COc1ccc(Cl)cc1)Nc1ccc(-c2cc3ccccc3o2)cc1. The van der Waals surface area contributed by atoms with E-state index in [1.54, 1.807) is 24.3 Å². The number of para-hydroxylation sites is 1. The Morgan fingerprint density at radius 1 is 0.963 bits per heavy atom. The minimum Gasteiger partial charge on any atom is -0.484 e. The summed E-state index contributed by atoms with van der Waals surface area (Å²) in [5.41, 5.74) is 2.49. The standard InChI is InChI=1S/C22H16ClNO3/c23-17-7-11-19(12-8-17)26-14-22(25)24-18-9-5-15(6-10-18)21-13-16-3-1-2-4-20(16)27-21/h1-13H,14H2,(H,24,25). The lowest BCUT2D eigenvalue weighted by Crippen LogP contribution is -2.20. The lowest BCUT2D eigenvalue weighted by Gasteiger charge is -2.08. The monoisotopic (exact) mass is 377 g/mol. The molecule has 0 unspecified atom stereocenters. The van der Waals surface area contributed by atoms with E-state index in [9.17, 15) is 4.79 Å². The number of halogens is 1. The molecule has 0 aliphatic carbocycles. The molecule has 0 saturated heterocycles. The first kappa shape index (κ1) is 17.2. The minimum absolute atomic E-state index is 0.0764. The molecule has 0 bridgehead atoms. The number of hydrogen-bond acceptors (Lipinski definition) is 3. The Morgan fingerprint density at radius 2 is 1.70 bits per heavy atom. The number of hydrogen-bond donors (Lipinski definition) is 1. The van der Waals surface area contributed by atoms with Gasteiger partial charge in [-0.05, 0) is 60.7 Å². The second-order valence-corrected chi connectivity index (χ2v) is 6.45. The largest absolute Gasteiger partial charge is 0.484 e. The summed E-state index contributed by atoms with van der Waals surface area (Å²) in [5, 5.41) is 4.49. The van der Waals surface area contributed by atoms with Gasteiger partial charge in [-0.15, -0.1) is 0 Å². The number of fused-ring (bicyclic) bond motifs is 1. The predicted octanol–water partition coefficient (Wildman–Crippen LogP) is 5.77. The summed E-state index contributed by atoms with van der Waals surface area (Å²) in [7, 11) is 0. The first-order valence-corrected chi connectivity index (χ1v) is 8.82. The van der Waals surface area contributed by atoms with Gasteiger partial charge in [0.2, 0.25) is 0 Å². The van der Waals surface area contributed by atoms with Crippen LogP contribution in [0.3, 0.4) is 0 Å². The highest BCUT2D eigenvalue weighted by atomic mass is 35.5. The van der Waals surface area contributed by atoms with E-state index < -0.39 is 0 Å². The van der Waals surface area contributed by atoms with Gasteiger partial charge in [0.25, 0.3) is 5.91 Å². The van der Waals surface area contributed by atoms with Crippen molar-refractivity contribution < 1.29 is 13.9 Å². The average molecular weight is 378 g/mol. The quantitative estimate of drug-likeness (QED) is 0.480. The molecule has 1 amide bonds. The first-order valence-electron chi connectivity index (χ1n) is 8.45. The molecule has 1 N–H and O–H groups in total.